The van der Waals surface area contributed by atoms with E-state index in [1.54, 1.807) is 11.3 Å². The predicted molar refractivity (Wildman–Crippen MR) is 339 cm³/mol. The number of benzene rings is 4. The minimum absolute atomic E-state index is 0.00113. The summed E-state index contributed by atoms with van der Waals surface area (Å²) in [7, 11) is 0. The average Bonchev–Trinajstić information content (AvgIpc) is 1.33. The van der Waals surface area contributed by atoms with Crippen molar-refractivity contribution >= 4 is 73.4 Å². The van der Waals surface area contributed by atoms with E-state index in [-0.39, 0.29) is 54.9 Å². The van der Waals surface area contributed by atoms with Crippen molar-refractivity contribution < 1.29 is 38.6 Å². The highest BCUT2D eigenvalue weighted by Crippen LogP contribution is 2.37. The van der Waals surface area contributed by atoms with Crippen LogP contribution in [-0.2, 0) is 32.1 Å². The van der Waals surface area contributed by atoms with Crippen molar-refractivity contribution in [3.63, 3.8) is 0 Å². The van der Waals surface area contributed by atoms with Crippen LogP contribution in [0, 0.1) is 25.2 Å². The van der Waals surface area contributed by atoms with Gasteiger partial charge >= 0.3 is 5.97 Å². The SMILES string of the molecule is Cc1ncsc1-c1ccc([C@H](C)NC(=O)[C@@H]2C[C@@H](O)CN2C(=O)[C@@H](NC(=O)CN2CCC(CCCOc3cccc(-c4ccc(N5CCc6cccc(C(=O)Nc7nc8ccccc8s7)c6C5)nc4C(=O)OC(C)(C)C)c3C)CC2)C(C)(C)C)cc1. The zero-order valence-corrected chi connectivity index (χ0v) is 52.3. The first-order valence-electron chi connectivity index (χ1n) is 29.9. The van der Waals surface area contributed by atoms with Gasteiger partial charge in [-0.2, -0.15) is 0 Å². The van der Waals surface area contributed by atoms with Crippen LogP contribution in [0.5, 0.6) is 5.75 Å². The second kappa shape index (κ2) is 26.2. The molecule has 4 aromatic carbocycles. The summed E-state index contributed by atoms with van der Waals surface area (Å²) < 4.78 is 13.4. The molecule has 3 aliphatic rings. The van der Waals surface area contributed by atoms with Crippen LogP contribution < -0.4 is 25.6 Å². The summed E-state index contributed by atoms with van der Waals surface area (Å²) in [5.74, 6) is 0.0150. The monoisotopic (exact) mass is 1200 g/mol. The van der Waals surface area contributed by atoms with Crippen LogP contribution in [0.3, 0.4) is 0 Å². The fraction of sp³-hybridized carbons (Fsp3) is 0.433. The molecule has 0 saturated carbocycles. The molecule has 0 aliphatic carbocycles. The third kappa shape index (κ3) is 14.5. The van der Waals surface area contributed by atoms with E-state index < -0.39 is 35.2 Å². The van der Waals surface area contributed by atoms with E-state index in [4.69, 9.17) is 14.5 Å². The van der Waals surface area contributed by atoms with Crippen molar-refractivity contribution in [1.29, 1.82) is 0 Å². The molecule has 0 unspecified atom stereocenters. The number of pyridine rings is 1. The van der Waals surface area contributed by atoms with Gasteiger partial charge in [0.15, 0.2) is 10.8 Å². The predicted octanol–water partition coefficient (Wildman–Crippen LogP) is 11.1. The van der Waals surface area contributed by atoms with E-state index in [0.717, 1.165) is 92.9 Å². The Bertz CT molecular complexity index is 3580. The number of rotatable bonds is 18. The molecule has 4 amide bonds. The smallest absolute Gasteiger partial charge is 0.358 e. The van der Waals surface area contributed by atoms with E-state index in [0.29, 0.717) is 59.9 Å². The number of aryl methyl sites for hydroxylation is 1. The molecule has 10 rings (SSSR count). The highest BCUT2D eigenvalue weighted by Gasteiger charge is 2.45. The van der Waals surface area contributed by atoms with Crippen LogP contribution >= 0.6 is 22.7 Å². The minimum atomic E-state index is -0.916. The number of carbonyl (C=O) groups is 5. The number of ether oxygens (including phenoxy) is 2. The number of carbonyl (C=O) groups excluding carboxylic acids is 5. The van der Waals surface area contributed by atoms with E-state index in [2.05, 4.69) is 41.8 Å². The molecule has 6 heterocycles. The maximum atomic E-state index is 14.4. The fourth-order valence-electron chi connectivity index (χ4n) is 11.9. The van der Waals surface area contributed by atoms with Crippen molar-refractivity contribution in [2.24, 2.45) is 11.3 Å². The second-order valence-corrected chi connectivity index (χ2v) is 27.0. The molecule has 86 heavy (non-hydrogen) atoms. The van der Waals surface area contributed by atoms with E-state index >= 15 is 0 Å². The van der Waals surface area contributed by atoms with E-state index in [9.17, 15) is 29.1 Å². The maximum absolute atomic E-state index is 14.4. The Morgan fingerprint density at radius 1 is 0.837 bits per heavy atom. The number of nitrogens with one attached hydrogen (secondary N) is 3. The lowest BCUT2D eigenvalue weighted by molar-refractivity contribution is -0.144. The Morgan fingerprint density at radius 2 is 1.59 bits per heavy atom. The molecule has 17 nitrogen and oxygen atoms in total. The average molecular weight is 1200 g/mol. The highest BCUT2D eigenvalue weighted by atomic mass is 32.1. The summed E-state index contributed by atoms with van der Waals surface area (Å²) in [6.45, 7) is 20.2. The first-order chi connectivity index (χ1) is 41.1. The first kappa shape index (κ1) is 61.5. The number of aliphatic hydroxyl groups excluding tert-OH is 1. The number of hydrogen-bond acceptors (Lipinski definition) is 15. The number of fused-ring (bicyclic) bond motifs is 2. The number of anilines is 2. The minimum Gasteiger partial charge on any atom is -0.493 e. The van der Waals surface area contributed by atoms with Crippen LogP contribution in [-0.4, -0.2) is 123 Å². The van der Waals surface area contributed by atoms with Crippen molar-refractivity contribution in [2.45, 2.75) is 137 Å². The normalized spacial score (nSPS) is 17.4. The van der Waals surface area contributed by atoms with Gasteiger partial charge in [0, 0.05) is 37.2 Å². The lowest BCUT2D eigenvalue weighted by atomic mass is 9.85. The van der Waals surface area contributed by atoms with Crippen LogP contribution in [0.2, 0.25) is 0 Å². The van der Waals surface area contributed by atoms with Crippen molar-refractivity contribution in [2.75, 3.05) is 49.5 Å². The molecular formula is C67H79N9O8S2. The largest absolute Gasteiger partial charge is 0.493 e. The number of amides is 4. The van der Waals surface area contributed by atoms with Gasteiger partial charge in [-0.15, -0.1) is 11.3 Å². The third-order valence-corrected chi connectivity index (χ3v) is 18.5. The number of nitrogens with zero attached hydrogens (tertiary/aromatic N) is 6. The molecule has 4 atom stereocenters. The summed E-state index contributed by atoms with van der Waals surface area (Å²) in [6.07, 6.45) is 3.55. The van der Waals surface area contributed by atoms with Gasteiger partial charge in [0.05, 0.1) is 51.6 Å². The molecule has 0 spiro atoms. The van der Waals surface area contributed by atoms with Crippen molar-refractivity contribution in [3.05, 3.63) is 142 Å². The molecule has 19 heteroatoms. The van der Waals surface area contributed by atoms with Crippen LogP contribution in [0.25, 0.3) is 31.8 Å². The number of likely N-dealkylation sites (tertiary alicyclic amines) is 2. The molecule has 452 valence electrons. The molecule has 3 aliphatic heterocycles. The van der Waals surface area contributed by atoms with E-state index in [1.807, 2.05) is 159 Å². The Morgan fingerprint density at radius 3 is 2.31 bits per heavy atom. The van der Waals surface area contributed by atoms with Gasteiger partial charge in [-0.3, -0.25) is 29.4 Å². The zero-order valence-electron chi connectivity index (χ0n) is 50.7. The number of aromatic nitrogens is 3. The van der Waals surface area contributed by atoms with Crippen LogP contribution in [0.4, 0.5) is 10.9 Å². The van der Waals surface area contributed by atoms with Gasteiger partial charge in [-0.25, -0.2) is 19.7 Å². The standard InChI is InChI=1S/C67H79N9O8S2/c1-40-48(49-26-27-56(71-58(49)64(82)84-67(7,8)9)75-33-30-45-16-12-18-50(51(45)37-75)61(79)73-65-70-52-19-10-11-21-55(52)86-65)17-13-20-54(40)83-34-14-15-43-28-31-74(32-29-43)38-57(78)72-60(66(4,5)6)63(81)76-36-47(77)35-53(76)62(80)69-41(2)44-22-24-46(25-23-44)59-42(3)68-39-85-59/h10-13,16-27,39,41,43,47,53,60,77H,14-15,28-38H2,1-9H3,(H,69,80)(H,72,78)(H,70,73,79)/t41-,47+,53-,60+/m0/s1. The number of esters is 1. The van der Waals surface area contributed by atoms with Crippen LogP contribution in [0.1, 0.15) is 135 Å². The van der Waals surface area contributed by atoms with Crippen LogP contribution in [0.15, 0.2) is 103 Å². The quantitative estimate of drug-likeness (QED) is 0.0466. The molecular weight excluding hydrogens is 1120 g/mol. The fourth-order valence-corrected chi connectivity index (χ4v) is 13.6. The van der Waals surface area contributed by atoms with Crippen molar-refractivity contribution in [3.8, 4) is 27.3 Å². The number of piperidine rings is 1. The number of hydrogen-bond donors (Lipinski definition) is 4. The molecule has 3 aromatic heterocycles. The van der Waals surface area contributed by atoms with Gasteiger partial charge in [0.25, 0.3) is 5.91 Å². The van der Waals surface area contributed by atoms with Gasteiger partial charge in [0.1, 0.15) is 29.3 Å². The third-order valence-electron chi connectivity index (χ3n) is 16.6. The molecule has 2 saturated heterocycles. The van der Waals surface area contributed by atoms with Gasteiger partial charge in [-0.05, 0) is 168 Å². The second-order valence-electron chi connectivity index (χ2n) is 25.1. The number of para-hydroxylation sites is 1. The molecule has 0 bridgehead atoms. The first-order valence-corrected chi connectivity index (χ1v) is 31.6. The Kier molecular flexibility index (Phi) is 18.7. The topological polar surface area (TPSA) is 209 Å². The lowest BCUT2D eigenvalue weighted by Crippen LogP contribution is -2.59. The molecule has 4 N–H and O–H groups in total. The summed E-state index contributed by atoms with van der Waals surface area (Å²) in [5, 5.41) is 20.5. The van der Waals surface area contributed by atoms with Gasteiger partial charge < -0.3 is 35.0 Å². The Hall–Kier alpha value is -7.58. The molecule has 0 radical (unpaired) electrons. The summed E-state index contributed by atoms with van der Waals surface area (Å²) in [6, 6.07) is 29.2. The number of β-amino-alcohol motifs (C(OH)–C–C–N with tert-alkyl or cyclic N) is 1. The summed E-state index contributed by atoms with van der Waals surface area (Å²) in [4.78, 5) is 90.7. The van der Waals surface area contributed by atoms with Gasteiger partial charge in [0.2, 0.25) is 17.7 Å². The van der Waals surface area contributed by atoms with Gasteiger partial charge in [-0.1, -0.05) is 92.8 Å². The summed E-state index contributed by atoms with van der Waals surface area (Å²) >= 11 is 3.02. The van der Waals surface area contributed by atoms with Crippen molar-refractivity contribution in [1.82, 2.24) is 35.4 Å². The molecule has 7 aromatic rings. The zero-order chi connectivity index (χ0) is 61.0. The Labute approximate surface area is 511 Å². The Balaban J connectivity index is 0.715. The number of aliphatic hydroxyl groups is 1. The molecule has 2 fully saturated rings. The number of thiazole rings is 2. The maximum Gasteiger partial charge on any atom is 0.358 e. The lowest BCUT2D eigenvalue weighted by Gasteiger charge is -2.36. The highest BCUT2D eigenvalue weighted by molar-refractivity contribution is 7.22. The summed E-state index contributed by atoms with van der Waals surface area (Å²) in [5.41, 5.74) is 9.21. The van der Waals surface area contributed by atoms with E-state index in [1.165, 1.54) is 16.2 Å².